The summed E-state index contributed by atoms with van der Waals surface area (Å²) in [5, 5.41) is 15.5. The van der Waals surface area contributed by atoms with E-state index in [4.69, 9.17) is 33.3 Å². The van der Waals surface area contributed by atoms with E-state index in [2.05, 4.69) is 26.1 Å². The van der Waals surface area contributed by atoms with Gasteiger partial charge in [-0.1, -0.05) is 23.2 Å². The number of hydrogen-bond acceptors (Lipinski definition) is 7. The lowest BCUT2D eigenvalue weighted by Crippen LogP contribution is -2.15. The molecule has 0 aliphatic carbocycles. The summed E-state index contributed by atoms with van der Waals surface area (Å²) < 4.78 is 33.7. The van der Waals surface area contributed by atoms with Crippen LogP contribution in [-0.4, -0.2) is 36.0 Å². The minimum atomic E-state index is -0.845. The number of halogens is 4. The Morgan fingerprint density at radius 3 is 2.58 bits per heavy atom. The van der Waals surface area contributed by atoms with E-state index in [1.54, 1.807) is 6.92 Å². The number of anilines is 3. The van der Waals surface area contributed by atoms with Crippen molar-refractivity contribution in [3.05, 3.63) is 69.8 Å². The molecule has 2 aromatic carbocycles. The van der Waals surface area contributed by atoms with Crippen LogP contribution in [0.15, 0.2) is 47.7 Å². The Morgan fingerprint density at radius 2 is 1.89 bits per heavy atom. The summed E-state index contributed by atoms with van der Waals surface area (Å²) in [4.78, 5) is 28.6. The van der Waals surface area contributed by atoms with E-state index in [9.17, 15) is 14.0 Å². The lowest BCUT2D eigenvalue weighted by Gasteiger charge is -2.14. The molecule has 0 fully saturated rings. The highest BCUT2D eigenvalue weighted by Crippen LogP contribution is 2.34. The first-order valence-electron chi connectivity index (χ1n) is 10.2. The topological polar surface area (TPSA) is 129 Å². The molecule has 9 nitrogen and oxygen atoms in total. The van der Waals surface area contributed by atoms with E-state index in [1.165, 1.54) is 30.6 Å². The van der Waals surface area contributed by atoms with Crippen LogP contribution in [0, 0.1) is 17.0 Å². The molecule has 3 rings (SSSR count). The van der Waals surface area contributed by atoms with Crippen molar-refractivity contribution in [2.45, 2.75) is 6.92 Å². The van der Waals surface area contributed by atoms with Gasteiger partial charge in [0.1, 0.15) is 11.6 Å². The molecule has 36 heavy (non-hydrogen) atoms. The number of nitrogens with zero attached hydrogens (tertiary/aromatic N) is 2. The van der Waals surface area contributed by atoms with Gasteiger partial charge in [0.2, 0.25) is 0 Å². The summed E-state index contributed by atoms with van der Waals surface area (Å²) in [6.07, 6.45) is 2.57. The third kappa shape index (κ3) is 6.52. The van der Waals surface area contributed by atoms with Crippen molar-refractivity contribution >= 4 is 64.8 Å². The van der Waals surface area contributed by atoms with E-state index in [0.29, 0.717) is 0 Å². The smallest absolute Gasteiger partial charge is 0.411 e. The summed E-state index contributed by atoms with van der Waals surface area (Å²) in [6.45, 7) is 1.68. The average molecular weight is 535 g/mol. The van der Waals surface area contributed by atoms with Crippen molar-refractivity contribution < 1.29 is 23.1 Å². The van der Waals surface area contributed by atoms with E-state index in [0.717, 1.165) is 24.4 Å². The van der Waals surface area contributed by atoms with Crippen molar-refractivity contribution in [1.29, 1.82) is 5.41 Å². The number of carbonyl (C=O) groups is 2. The highest BCUT2D eigenvalue weighted by molar-refractivity contribution is 6.35. The third-order valence-electron chi connectivity index (χ3n) is 4.50. The molecular weight excluding hydrogens is 517 g/mol. The van der Waals surface area contributed by atoms with Crippen molar-refractivity contribution in [2.75, 3.05) is 22.7 Å². The van der Waals surface area contributed by atoms with Crippen LogP contribution in [0.4, 0.5) is 30.8 Å². The SMILES string of the molecule is CCOC(=O)Nc1cc(F)ccc1-c1cc(Cl)c(C(=O)Nc2cnc(N/N=C\C=N)c(Cl)c2)cc1F. The fraction of sp³-hybridized carbons (Fsp3) is 0.0870. The number of ether oxygens (including phenoxy) is 1. The molecule has 186 valence electrons. The number of hydrazone groups is 1. The van der Waals surface area contributed by atoms with Gasteiger partial charge in [0.15, 0.2) is 5.82 Å². The number of pyridine rings is 1. The van der Waals surface area contributed by atoms with Crippen LogP contribution >= 0.6 is 23.2 Å². The van der Waals surface area contributed by atoms with Gasteiger partial charge in [-0.25, -0.2) is 18.6 Å². The van der Waals surface area contributed by atoms with Gasteiger partial charge in [-0.15, -0.1) is 0 Å². The first-order valence-corrected chi connectivity index (χ1v) is 11.0. The van der Waals surface area contributed by atoms with Gasteiger partial charge in [-0.2, -0.15) is 5.10 Å². The molecule has 0 aliphatic heterocycles. The Kier molecular flexibility index (Phi) is 8.87. The van der Waals surface area contributed by atoms with E-state index < -0.39 is 23.6 Å². The predicted octanol–water partition coefficient (Wildman–Crippen LogP) is 6.20. The summed E-state index contributed by atoms with van der Waals surface area (Å²) in [6, 6.07) is 6.85. The maximum absolute atomic E-state index is 15.1. The molecule has 13 heteroatoms. The Balaban J connectivity index is 1.87. The van der Waals surface area contributed by atoms with Crippen LogP contribution in [0.25, 0.3) is 11.1 Å². The van der Waals surface area contributed by atoms with Crippen molar-refractivity contribution in [3.63, 3.8) is 0 Å². The standard InChI is InChI=1S/C23H18Cl2F2N6O3/c1-2-36-23(35)32-20-7-12(26)3-4-14(20)15-9-17(24)16(10-19(15)27)22(34)31-13-8-18(25)21(29-11-13)33-30-6-5-28/h3-11,28H,2H2,1H3,(H,29,33)(H,31,34)(H,32,35)/b28-5?,30-6-. The molecule has 0 aliphatic rings. The lowest BCUT2D eigenvalue weighted by molar-refractivity contribution is 0.102. The molecule has 4 N–H and O–H groups in total. The normalized spacial score (nSPS) is 10.7. The second-order valence-electron chi connectivity index (χ2n) is 6.91. The van der Waals surface area contributed by atoms with Gasteiger partial charge in [-0.3, -0.25) is 15.5 Å². The number of nitrogens with one attached hydrogen (secondary N) is 4. The van der Waals surface area contributed by atoms with Crippen molar-refractivity contribution in [1.82, 2.24) is 4.98 Å². The highest BCUT2D eigenvalue weighted by Gasteiger charge is 2.19. The Hall–Kier alpha value is -4.09. The van der Waals surface area contributed by atoms with Crippen LogP contribution in [0.1, 0.15) is 17.3 Å². The summed E-state index contributed by atoms with van der Waals surface area (Å²) in [5.41, 5.74) is 2.55. The Bertz CT molecular complexity index is 1350. The van der Waals surface area contributed by atoms with Crippen LogP contribution in [0.2, 0.25) is 10.0 Å². The molecule has 0 saturated heterocycles. The van der Waals surface area contributed by atoms with Gasteiger partial charge in [0, 0.05) is 17.3 Å². The fourth-order valence-electron chi connectivity index (χ4n) is 2.98. The van der Waals surface area contributed by atoms with E-state index >= 15 is 4.39 Å². The Morgan fingerprint density at radius 1 is 1.11 bits per heavy atom. The van der Waals surface area contributed by atoms with Gasteiger partial charge < -0.3 is 15.5 Å². The minimum Gasteiger partial charge on any atom is -0.450 e. The predicted molar refractivity (Wildman–Crippen MR) is 136 cm³/mol. The second-order valence-corrected chi connectivity index (χ2v) is 7.73. The molecule has 1 heterocycles. The van der Waals surface area contributed by atoms with E-state index in [1.807, 2.05) is 0 Å². The highest BCUT2D eigenvalue weighted by atomic mass is 35.5. The lowest BCUT2D eigenvalue weighted by atomic mass is 10.0. The second kappa shape index (κ2) is 12.0. The van der Waals surface area contributed by atoms with Crippen molar-refractivity contribution in [2.24, 2.45) is 5.10 Å². The molecule has 3 aromatic rings. The first kappa shape index (κ1) is 26.5. The third-order valence-corrected chi connectivity index (χ3v) is 5.10. The van der Waals surface area contributed by atoms with Crippen LogP contribution in [0.3, 0.4) is 0 Å². The number of amides is 2. The number of rotatable bonds is 8. The Labute approximate surface area is 214 Å². The van der Waals surface area contributed by atoms with Crippen LogP contribution in [-0.2, 0) is 4.74 Å². The molecule has 0 saturated carbocycles. The zero-order chi connectivity index (χ0) is 26.2. The summed E-state index contributed by atoms with van der Waals surface area (Å²) >= 11 is 12.4. The fourth-order valence-corrected chi connectivity index (χ4v) is 3.44. The number of hydrogen-bond donors (Lipinski definition) is 4. The molecule has 0 bridgehead atoms. The molecule has 0 spiro atoms. The average Bonchev–Trinajstić information content (AvgIpc) is 2.82. The van der Waals surface area contributed by atoms with Crippen LogP contribution < -0.4 is 16.1 Å². The number of benzene rings is 2. The van der Waals surface area contributed by atoms with Gasteiger partial charge in [0.25, 0.3) is 5.91 Å². The first-order chi connectivity index (χ1) is 17.2. The van der Waals surface area contributed by atoms with E-state index in [-0.39, 0.29) is 50.5 Å². The molecular formula is C23H18Cl2F2N6O3. The largest absolute Gasteiger partial charge is 0.450 e. The zero-order valence-corrected chi connectivity index (χ0v) is 20.0. The maximum atomic E-state index is 15.1. The van der Waals surface area contributed by atoms with Gasteiger partial charge in [-0.05, 0) is 43.3 Å². The maximum Gasteiger partial charge on any atom is 0.411 e. The van der Waals surface area contributed by atoms with Gasteiger partial charge in [0.05, 0.1) is 46.0 Å². The number of aromatic nitrogens is 1. The summed E-state index contributed by atoms with van der Waals surface area (Å²) in [5.74, 6) is -2.06. The molecule has 0 radical (unpaired) electrons. The quantitative estimate of drug-likeness (QED) is 0.202. The molecule has 1 aromatic heterocycles. The molecule has 0 unspecified atom stereocenters. The summed E-state index contributed by atoms with van der Waals surface area (Å²) in [7, 11) is 0. The molecule has 0 atom stereocenters. The zero-order valence-electron chi connectivity index (χ0n) is 18.5. The van der Waals surface area contributed by atoms with Crippen LogP contribution in [0.5, 0.6) is 0 Å². The molecule has 2 amide bonds. The van der Waals surface area contributed by atoms with Crippen molar-refractivity contribution in [3.8, 4) is 11.1 Å². The monoisotopic (exact) mass is 534 g/mol. The number of carbonyl (C=O) groups excluding carboxylic acids is 2. The minimum absolute atomic E-state index is 0.0417. The van der Waals surface area contributed by atoms with Gasteiger partial charge >= 0.3 is 6.09 Å².